The van der Waals surface area contributed by atoms with Crippen LogP contribution < -0.4 is 0 Å². The van der Waals surface area contributed by atoms with Crippen LogP contribution in [-0.2, 0) is 43.2 Å². The third-order valence-corrected chi connectivity index (χ3v) is 32.8. The normalized spacial score (nSPS) is 30.0. The van der Waals surface area contributed by atoms with Crippen LogP contribution in [0.15, 0.2) is 113 Å². The molecule has 9 heteroatoms. The van der Waals surface area contributed by atoms with Gasteiger partial charge < -0.3 is 14.4 Å². The summed E-state index contributed by atoms with van der Waals surface area (Å²) in [5, 5.41) is 0. The Kier molecular flexibility index (Phi) is 46.1. The van der Waals surface area contributed by atoms with E-state index in [0.717, 1.165) is 118 Å². The Hall–Kier alpha value is -5.57. The van der Waals surface area contributed by atoms with Gasteiger partial charge in [-0.2, -0.15) is 0 Å². The molecule has 18 unspecified atom stereocenters. The number of benzene rings is 1. The highest BCUT2D eigenvalue weighted by Gasteiger charge is 2.63. The Morgan fingerprint density at radius 1 is 0.544 bits per heavy atom. The summed E-state index contributed by atoms with van der Waals surface area (Å²) >= 11 is 0. The van der Waals surface area contributed by atoms with Crippen molar-refractivity contribution in [2.45, 2.75) is 415 Å². The van der Waals surface area contributed by atoms with Crippen molar-refractivity contribution in [2.24, 2.45) is 144 Å². The van der Waals surface area contributed by atoms with Crippen molar-refractivity contribution < 1.29 is 43.2 Å². The Labute approximate surface area is 768 Å². The lowest BCUT2D eigenvalue weighted by atomic mass is 9.36. The highest BCUT2D eigenvalue weighted by atomic mass is 16.2. The van der Waals surface area contributed by atoms with E-state index in [-0.39, 0.29) is 39.3 Å². The molecular formula is C116H190O9. The molecule has 12 rings (SSSR count). The van der Waals surface area contributed by atoms with Crippen LogP contribution >= 0.6 is 0 Å². The smallest absolute Gasteiger partial charge is 0.159 e. The standard InChI is InChI=1S/C16H26O.C15H26O.C15H28O.2C14H22O.C14H24O.C11H18O.C10H12O.C7H12O/c1-10-7-13(17)5-6-16(10)9-12-8-14(11(16)2)15(12,3)4;1-10-7-8-12(3)15(5,6)14(10)11(2)9-13(4)16;1-10(2)9-13(16)14-11(3)7-8-12(4)15(14,5)6;1-10-7-6-8-14(4,5)13(10)11(2)9-12(3)15;1-10(2)9-12(15)13-11(3)7-6-8-14(13,4)5;1-5-6-7-13(15)12-10-14(3,4)9-8-11(12)2;1-7(2)10-5-8(3)9(4)11(12)6-10;1-9(7-8-11)10-5-3-2-4-6-10;1-6-3-2-4-7(8)5-6/h10-12,14H,5-9H2,1-4H3;11-12H,7-9H2,1-6H3;10-12,14H,7-9H2,1-6H3;6-7,11H,8-9H2,1-5H3;6-7,10H,8-9H2,1-5H3;5,11-12H,1,6-10H2,2-4H3;8-10H,1,5-6H2,2-4H3;2-6,8-9H,7H2,1H3;6H,2-5H2,1H3. The summed E-state index contributed by atoms with van der Waals surface area (Å²) in [6, 6.07) is 10.1. The first-order chi connectivity index (χ1) is 57.7. The zero-order valence-electron chi connectivity index (χ0n) is 87.0. The van der Waals surface area contributed by atoms with Crippen molar-refractivity contribution in [1.29, 1.82) is 0 Å². The lowest BCUT2D eigenvalue weighted by molar-refractivity contribution is -0.195. The molecule has 11 aliphatic rings. The second-order valence-electron chi connectivity index (χ2n) is 47.1. The zero-order valence-corrected chi connectivity index (χ0v) is 87.0. The number of aldehydes is 1. The highest BCUT2D eigenvalue weighted by Crippen LogP contribution is 2.70. The summed E-state index contributed by atoms with van der Waals surface area (Å²) < 4.78 is 0. The van der Waals surface area contributed by atoms with Crippen LogP contribution in [0, 0.1) is 144 Å². The third kappa shape index (κ3) is 34.0. The van der Waals surface area contributed by atoms with Gasteiger partial charge in [-0.05, 0) is 288 Å². The van der Waals surface area contributed by atoms with Gasteiger partial charge in [0.15, 0.2) is 5.78 Å². The lowest BCUT2D eigenvalue weighted by Crippen LogP contribution is -2.61. The molecular weight excluding hydrogens is 1540 g/mol. The predicted octanol–water partition coefficient (Wildman–Crippen LogP) is 31.5. The number of rotatable bonds is 20. The molecule has 0 saturated heterocycles. The Morgan fingerprint density at radius 2 is 1.10 bits per heavy atom. The number of allylic oxidation sites excluding steroid dienone is 12. The minimum atomic E-state index is 0.0187. The molecule has 2 bridgehead atoms. The van der Waals surface area contributed by atoms with E-state index in [0.29, 0.717) is 166 Å². The van der Waals surface area contributed by atoms with Gasteiger partial charge in [0.2, 0.25) is 0 Å². The fraction of sp³-hybridized carbons (Fsp3) is 0.750. The topological polar surface area (TPSA) is 154 Å². The SMILES string of the molecule is C=C(C)C1CC(=O)C(C)C(C)C1.C=CCCC(=O)C1CC(C)(C)CCC1C.CC(=O)CC(C)C1=C(C)C=CCC1(C)C.CC(=O)CC(C)C1=C(C)CCC(C)C1(C)C.CC(C)CC(=O)C1C(C)CCC(C)C1(C)C.CC(CC=O)c1ccccc1.CC1=C(C(=O)CC(C)C)C(C)(C)CC=C1.CC1CC(=O)CCC12CC1CC(C2C)C1(C)C.CC1CCCC(=O)C1. The van der Waals surface area contributed by atoms with Crippen LogP contribution in [0.1, 0.15) is 420 Å². The Morgan fingerprint density at radius 3 is 1.58 bits per heavy atom. The first kappa shape index (κ1) is 114. The van der Waals surface area contributed by atoms with Crippen LogP contribution in [-0.4, -0.2) is 52.6 Å². The first-order valence-corrected chi connectivity index (χ1v) is 50.0. The largest absolute Gasteiger partial charge is 0.303 e. The Bertz CT molecular complexity index is 3860. The highest BCUT2D eigenvalue weighted by molar-refractivity contribution is 5.98. The number of ketones is 8. The minimum Gasteiger partial charge on any atom is -0.303 e. The summed E-state index contributed by atoms with van der Waals surface area (Å²) in [4.78, 5) is 103. The molecule has 8 fully saturated rings. The molecule has 1 aromatic carbocycles. The molecule has 18 atom stereocenters. The first-order valence-electron chi connectivity index (χ1n) is 50.0. The molecule has 708 valence electrons. The molecule has 0 radical (unpaired) electrons. The molecule has 0 N–H and O–H groups in total. The summed E-state index contributed by atoms with van der Waals surface area (Å²) in [6.45, 7) is 82.3. The van der Waals surface area contributed by atoms with E-state index in [2.05, 4.69) is 238 Å². The number of carbonyl (C=O) groups is 9. The molecule has 125 heavy (non-hydrogen) atoms. The molecule has 0 amide bonds. The van der Waals surface area contributed by atoms with Crippen LogP contribution in [0.25, 0.3) is 0 Å². The predicted molar refractivity (Wildman–Crippen MR) is 531 cm³/mol. The monoisotopic (exact) mass is 1730 g/mol. The van der Waals surface area contributed by atoms with E-state index < -0.39 is 0 Å². The van der Waals surface area contributed by atoms with Gasteiger partial charge in [-0.25, -0.2) is 0 Å². The van der Waals surface area contributed by atoms with Crippen molar-refractivity contribution in [2.75, 3.05) is 0 Å². The van der Waals surface area contributed by atoms with Crippen molar-refractivity contribution in [1.82, 2.24) is 0 Å². The van der Waals surface area contributed by atoms with Crippen molar-refractivity contribution >= 4 is 52.6 Å². The molecule has 1 aromatic rings. The average Bonchev–Trinajstić information content (AvgIpc) is 0.697. The average molecular weight is 1730 g/mol. The van der Waals surface area contributed by atoms with E-state index in [1.54, 1.807) is 19.4 Å². The van der Waals surface area contributed by atoms with Gasteiger partial charge in [0.1, 0.15) is 46.8 Å². The van der Waals surface area contributed by atoms with Crippen LogP contribution in [0.5, 0.6) is 0 Å². The van der Waals surface area contributed by atoms with Crippen LogP contribution in [0.4, 0.5) is 0 Å². The van der Waals surface area contributed by atoms with E-state index in [4.69, 9.17) is 0 Å². The van der Waals surface area contributed by atoms with Gasteiger partial charge in [-0.3, -0.25) is 28.8 Å². The van der Waals surface area contributed by atoms with Gasteiger partial charge in [-0.15, -0.1) is 6.58 Å². The number of Topliss-reactive ketones (excluding diaryl/α,β-unsaturated/α-hetero) is 8. The van der Waals surface area contributed by atoms with Gasteiger partial charge in [0, 0.05) is 94.0 Å². The van der Waals surface area contributed by atoms with E-state index in [9.17, 15) is 43.2 Å². The molecule has 0 aromatic heterocycles. The van der Waals surface area contributed by atoms with E-state index >= 15 is 0 Å². The summed E-state index contributed by atoms with van der Waals surface area (Å²) in [7, 11) is 0. The van der Waals surface area contributed by atoms with Crippen LogP contribution in [0.3, 0.4) is 0 Å². The summed E-state index contributed by atoms with van der Waals surface area (Å²) in [5.41, 5.74) is 12.6. The second kappa shape index (κ2) is 50.7. The van der Waals surface area contributed by atoms with Crippen molar-refractivity contribution in [3.8, 4) is 0 Å². The molecule has 0 heterocycles. The number of hydrogen-bond donors (Lipinski definition) is 0. The maximum atomic E-state index is 12.4. The zero-order chi connectivity index (χ0) is 95.6. The fourth-order valence-electron chi connectivity index (χ4n) is 24.1. The molecule has 0 aliphatic heterocycles. The van der Waals surface area contributed by atoms with Crippen LogP contribution in [0.2, 0.25) is 0 Å². The maximum Gasteiger partial charge on any atom is 0.159 e. The Balaban J connectivity index is 0.000000365. The fourth-order valence-corrected chi connectivity index (χ4v) is 24.1. The second-order valence-corrected chi connectivity index (χ2v) is 47.1. The van der Waals surface area contributed by atoms with E-state index in [1.807, 2.05) is 57.2 Å². The summed E-state index contributed by atoms with van der Waals surface area (Å²) in [6.07, 6.45) is 38.7. The maximum absolute atomic E-state index is 12.4. The molecule has 9 nitrogen and oxygen atoms in total. The van der Waals surface area contributed by atoms with E-state index in [1.165, 1.54) is 92.1 Å². The van der Waals surface area contributed by atoms with Crippen molar-refractivity contribution in [3.63, 3.8) is 0 Å². The van der Waals surface area contributed by atoms with Gasteiger partial charge in [0.05, 0.1) is 0 Å². The molecule has 11 aliphatic carbocycles. The van der Waals surface area contributed by atoms with Crippen molar-refractivity contribution in [3.05, 3.63) is 118 Å². The summed E-state index contributed by atoms with van der Waals surface area (Å²) in [5.74, 6) is 13.7. The molecule has 1 spiro atoms. The van der Waals surface area contributed by atoms with Gasteiger partial charge >= 0.3 is 0 Å². The molecule has 8 saturated carbocycles. The van der Waals surface area contributed by atoms with Gasteiger partial charge in [-0.1, -0.05) is 289 Å². The van der Waals surface area contributed by atoms with Gasteiger partial charge in [0.25, 0.3) is 0 Å². The third-order valence-electron chi connectivity index (χ3n) is 32.8. The lowest BCUT2D eigenvalue weighted by Gasteiger charge is -2.68. The number of hydrogen-bond acceptors (Lipinski definition) is 9. The quantitative estimate of drug-likeness (QED) is 0.0917. The minimum absolute atomic E-state index is 0.0187. The number of carbonyl (C=O) groups excluding carboxylic acids is 9.